The molecule has 0 amide bonds. The highest BCUT2D eigenvalue weighted by atomic mass is 35.5. The molecule has 1 saturated heterocycles. The van der Waals surface area contributed by atoms with Crippen LogP contribution in [-0.2, 0) is 7.05 Å². The zero-order valence-electron chi connectivity index (χ0n) is 14.1. The van der Waals surface area contributed by atoms with Crippen LogP contribution >= 0.6 is 22.9 Å². The molecule has 0 spiro atoms. The number of hydrogen-bond acceptors (Lipinski definition) is 6. The third-order valence-corrected chi connectivity index (χ3v) is 6.05. The van der Waals surface area contributed by atoms with Crippen LogP contribution < -0.4 is 15.4 Å². The van der Waals surface area contributed by atoms with Gasteiger partial charge in [0.1, 0.15) is 5.82 Å². The van der Waals surface area contributed by atoms with Crippen LogP contribution in [0.4, 0.5) is 10.9 Å². The van der Waals surface area contributed by atoms with Crippen molar-refractivity contribution >= 4 is 44.1 Å². The number of fused-ring (bicyclic) bond motifs is 1. The van der Waals surface area contributed by atoms with E-state index in [4.69, 9.17) is 16.6 Å². The van der Waals surface area contributed by atoms with Crippen molar-refractivity contribution < 1.29 is 0 Å². The predicted molar refractivity (Wildman–Crippen MR) is 103 cm³/mol. The van der Waals surface area contributed by atoms with Crippen LogP contribution in [0, 0.1) is 6.92 Å². The summed E-state index contributed by atoms with van der Waals surface area (Å²) in [4.78, 5) is 20.8. The quantitative estimate of drug-likeness (QED) is 0.689. The first-order valence-electron chi connectivity index (χ1n) is 8.13. The molecule has 2 aromatic heterocycles. The summed E-state index contributed by atoms with van der Waals surface area (Å²) in [5.41, 5.74) is 1.94. The second kappa shape index (κ2) is 6.31. The molecule has 0 radical (unpaired) electrons. The van der Waals surface area contributed by atoms with E-state index in [2.05, 4.69) is 14.9 Å². The average molecular weight is 376 g/mol. The second-order valence-corrected chi connectivity index (χ2v) is 7.56. The summed E-state index contributed by atoms with van der Waals surface area (Å²) in [7, 11) is 1.68. The first-order chi connectivity index (χ1) is 12.0. The molecule has 0 unspecified atom stereocenters. The highest BCUT2D eigenvalue weighted by Gasteiger charge is 2.21. The minimum atomic E-state index is -0.0918. The Balaban J connectivity index is 1.52. The Hall–Kier alpha value is -2.12. The lowest BCUT2D eigenvalue weighted by atomic mass is 10.2. The van der Waals surface area contributed by atoms with Gasteiger partial charge in [0.2, 0.25) is 0 Å². The van der Waals surface area contributed by atoms with Crippen LogP contribution in [0.1, 0.15) is 5.56 Å². The van der Waals surface area contributed by atoms with Gasteiger partial charge in [0, 0.05) is 44.3 Å². The molecule has 0 bridgehead atoms. The van der Waals surface area contributed by atoms with E-state index in [0.717, 1.165) is 53.2 Å². The van der Waals surface area contributed by atoms with Gasteiger partial charge in [-0.1, -0.05) is 22.9 Å². The summed E-state index contributed by atoms with van der Waals surface area (Å²) in [6, 6.07) is 7.33. The second-order valence-electron chi connectivity index (χ2n) is 6.14. The number of hydrogen-bond donors (Lipinski definition) is 0. The van der Waals surface area contributed by atoms with Crippen molar-refractivity contribution in [2.24, 2.45) is 7.05 Å². The molecule has 3 heterocycles. The van der Waals surface area contributed by atoms with Crippen molar-refractivity contribution in [3.05, 3.63) is 45.2 Å². The van der Waals surface area contributed by atoms with Crippen LogP contribution in [0.25, 0.3) is 10.2 Å². The van der Waals surface area contributed by atoms with E-state index in [1.807, 2.05) is 19.1 Å². The van der Waals surface area contributed by atoms with E-state index in [0.29, 0.717) is 0 Å². The zero-order valence-corrected chi connectivity index (χ0v) is 15.6. The number of anilines is 2. The van der Waals surface area contributed by atoms with Crippen molar-refractivity contribution in [1.29, 1.82) is 0 Å². The summed E-state index contributed by atoms with van der Waals surface area (Å²) >= 11 is 7.91. The van der Waals surface area contributed by atoms with Crippen molar-refractivity contribution in [3.8, 4) is 0 Å². The van der Waals surface area contributed by atoms with Gasteiger partial charge in [0.25, 0.3) is 5.56 Å². The molecule has 8 heteroatoms. The summed E-state index contributed by atoms with van der Waals surface area (Å²) < 4.78 is 2.54. The predicted octanol–water partition coefficient (Wildman–Crippen LogP) is 2.68. The van der Waals surface area contributed by atoms with Gasteiger partial charge < -0.3 is 9.80 Å². The standard InChI is InChI=1S/C17H18ClN5OS/c1-11-12(18)3-4-13-16(11)19-17(25-13)23-9-7-22(8-10-23)14-5-6-15(24)21(2)20-14/h3-6H,7-10H2,1-2H3. The Labute approximate surface area is 154 Å². The molecule has 0 atom stereocenters. The SMILES string of the molecule is Cc1c(Cl)ccc2sc(N3CCN(c4ccc(=O)n(C)n4)CC3)nc12. The minimum Gasteiger partial charge on any atom is -0.352 e. The molecule has 3 aromatic rings. The minimum absolute atomic E-state index is 0.0918. The Bertz CT molecular complexity index is 990. The highest BCUT2D eigenvalue weighted by Crippen LogP contribution is 2.33. The normalized spacial score (nSPS) is 15.2. The van der Waals surface area contributed by atoms with E-state index in [9.17, 15) is 4.79 Å². The molecule has 0 aliphatic carbocycles. The maximum atomic E-state index is 11.5. The largest absolute Gasteiger partial charge is 0.352 e. The smallest absolute Gasteiger partial charge is 0.266 e. The molecule has 1 fully saturated rings. The van der Waals surface area contributed by atoms with Crippen molar-refractivity contribution in [2.45, 2.75) is 6.92 Å². The molecule has 6 nitrogen and oxygen atoms in total. The van der Waals surface area contributed by atoms with Crippen molar-refractivity contribution in [1.82, 2.24) is 14.8 Å². The molecule has 1 aromatic carbocycles. The van der Waals surface area contributed by atoms with E-state index in [1.54, 1.807) is 30.5 Å². The number of piperazine rings is 1. The van der Waals surface area contributed by atoms with Crippen LogP contribution in [0.2, 0.25) is 5.02 Å². The third-order valence-electron chi connectivity index (χ3n) is 4.56. The number of aryl methyl sites for hydroxylation is 2. The lowest BCUT2D eigenvalue weighted by molar-refractivity contribution is 0.623. The molecule has 25 heavy (non-hydrogen) atoms. The molecule has 4 rings (SSSR count). The van der Waals surface area contributed by atoms with Gasteiger partial charge in [0.05, 0.1) is 10.2 Å². The first-order valence-corrected chi connectivity index (χ1v) is 9.32. The van der Waals surface area contributed by atoms with Gasteiger partial charge >= 0.3 is 0 Å². The number of halogens is 1. The summed E-state index contributed by atoms with van der Waals surface area (Å²) in [6.07, 6.45) is 0. The molecule has 0 saturated carbocycles. The number of nitrogens with zero attached hydrogens (tertiary/aromatic N) is 5. The number of benzene rings is 1. The Kier molecular flexibility index (Phi) is 4.13. The van der Waals surface area contributed by atoms with E-state index in [1.165, 1.54) is 9.38 Å². The fraction of sp³-hybridized carbons (Fsp3) is 0.353. The summed E-state index contributed by atoms with van der Waals surface area (Å²) in [5, 5.41) is 6.13. The number of aromatic nitrogens is 3. The molecule has 0 N–H and O–H groups in total. The Morgan fingerprint density at radius 1 is 1.08 bits per heavy atom. The molecular weight excluding hydrogens is 358 g/mol. The van der Waals surface area contributed by atoms with Gasteiger partial charge in [-0.05, 0) is 30.7 Å². The monoisotopic (exact) mass is 375 g/mol. The number of rotatable bonds is 2. The van der Waals surface area contributed by atoms with Gasteiger partial charge in [-0.25, -0.2) is 9.67 Å². The zero-order chi connectivity index (χ0) is 17.6. The fourth-order valence-electron chi connectivity index (χ4n) is 3.01. The summed E-state index contributed by atoms with van der Waals surface area (Å²) in [6.45, 7) is 5.45. The highest BCUT2D eigenvalue weighted by molar-refractivity contribution is 7.22. The molecule has 1 aliphatic rings. The van der Waals surface area contributed by atoms with Crippen LogP contribution in [0.3, 0.4) is 0 Å². The molecule has 1 aliphatic heterocycles. The van der Waals surface area contributed by atoms with Crippen LogP contribution in [-0.4, -0.2) is 40.9 Å². The molecule has 130 valence electrons. The Morgan fingerprint density at radius 3 is 2.52 bits per heavy atom. The first kappa shape index (κ1) is 16.4. The maximum Gasteiger partial charge on any atom is 0.266 e. The lowest BCUT2D eigenvalue weighted by Crippen LogP contribution is -2.47. The van der Waals surface area contributed by atoms with E-state index < -0.39 is 0 Å². The average Bonchev–Trinajstić information content (AvgIpc) is 3.06. The maximum absolute atomic E-state index is 11.5. The topological polar surface area (TPSA) is 54.3 Å². The molecular formula is C17H18ClN5OS. The van der Waals surface area contributed by atoms with Gasteiger partial charge in [0.15, 0.2) is 5.13 Å². The van der Waals surface area contributed by atoms with E-state index >= 15 is 0 Å². The van der Waals surface area contributed by atoms with Crippen LogP contribution in [0.5, 0.6) is 0 Å². The summed E-state index contributed by atoms with van der Waals surface area (Å²) in [5.74, 6) is 0.841. The fourth-order valence-corrected chi connectivity index (χ4v) is 4.24. The third kappa shape index (κ3) is 2.98. The number of thiazole rings is 1. The van der Waals surface area contributed by atoms with E-state index in [-0.39, 0.29) is 5.56 Å². The Morgan fingerprint density at radius 2 is 1.80 bits per heavy atom. The van der Waals surface area contributed by atoms with Gasteiger partial charge in [-0.2, -0.15) is 5.10 Å². The van der Waals surface area contributed by atoms with Crippen molar-refractivity contribution in [3.63, 3.8) is 0 Å². The lowest BCUT2D eigenvalue weighted by Gasteiger charge is -2.35. The van der Waals surface area contributed by atoms with Crippen molar-refractivity contribution in [2.75, 3.05) is 36.0 Å². The van der Waals surface area contributed by atoms with Gasteiger partial charge in [-0.15, -0.1) is 0 Å². The van der Waals surface area contributed by atoms with Crippen LogP contribution in [0.15, 0.2) is 29.1 Å². The van der Waals surface area contributed by atoms with Gasteiger partial charge in [-0.3, -0.25) is 4.79 Å².